The number of allylic oxidation sites excluding steroid dienone is 1. The number of aliphatic hydroxyl groups is 1. The molecule has 0 aliphatic rings. The molecule has 0 fully saturated rings. The van der Waals surface area contributed by atoms with Crippen LogP contribution in [0, 0.1) is 0 Å². The first-order valence-electron chi connectivity index (χ1n) is 8.78. The fraction of sp³-hybridized carbons (Fsp3) is 0.611. The molecular formula is C18H32N4O2. The summed E-state index contributed by atoms with van der Waals surface area (Å²) >= 11 is 0. The summed E-state index contributed by atoms with van der Waals surface area (Å²) in [5.74, 6) is 1.05. The Morgan fingerprint density at radius 2 is 2.04 bits per heavy atom. The second kappa shape index (κ2) is 11.6. The minimum Gasteiger partial charge on any atom is -0.478 e. The predicted octanol–water partition coefficient (Wildman–Crippen LogP) is 2.54. The molecule has 0 spiro atoms. The van der Waals surface area contributed by atoms with Gasteiger partial charge >= 0.3 is 0 Å². The molecular weight excluding hydrogens is 304 g/mol. The highest BCUT2D eigenvalue weighted by Crippen LogP contribution is 2.23. The molecule has 1 rings (SSSR count). The van der Waals surface area contributed by atoms with Crippen LogP contribution in [-0.2, 0) is 0 Å². The van der Waals surface area contributed by atoms with E-state index in [1.54, 1.807) is 0 Å². The highest BCUT2D eigenvalue weighted by molar-refractivity contribution is 5.55. The van der Waals surface area contributed by atoms with Crippen LogP contribution in [0.3, 0.4) is 0 Å². The zero-order valence-corrected chi connectivity index (χ0v) is 15.1. The van der Waals surface area contributed by atoms with Gasteiger partial charge in [-0.3, -0.25) is 0 Å². The summed E-state index contributed by atoms with van der Waals surface area (Å²) in [7, 11) is 0. The number of anilines is 2. The number of nitrogens with zero attached hydrogens (tertiary/aromatic N) is 2. The number of rotatable bonds is 13. The van der Waals surface area contributed by atoms with E-state index in [4.69, 9.17) is 15.6 Å². The van der Waals surface area contributed by atoms with Gasteiger partial charge < -0.3 is 25.8 Å². The van der Waals surface area contributed by atoms with Gasteiger partial charge in [0.25, 0.3) is 0 Å². The van der Waals surface area contributed by atoms with E-state index in [1.807, 2.05) is 12.1 Å². The summed E-state index contributed by atoms with van der Waals surface area (Å²) in [6, 6.07) is 3.86. The van der Waals surface area contributed by atoms with Crippen molar-refractivity contribution in [3.05, 3.63) is 24.4 Å². The molecule has 1 aromatic heterocycles. The van der Waals surface area contributed by atoms with Crippen LogP contribution in [0.5, 0.6) is 5.88 Å². The number of nitrogen functional groups attached to an aromatic ring is 1. The van der Waals surface area contributed by atoms with Crippen LogP contribution in [0.15, 0.2) is 24.4 Å². The van der Waals surface area contributed by atoms with Crippen molar-refractivity contribution in [3.8, 4) is 5.88 Å². The molecule has 0 saturated carbocycles. The molecule has 1 heterocycles. The van der Waals surface area contributed by atoms with Gasteiger partial charge in [-0.15, -0.1) is 0 Å². The predicted molar refractivity (Wildman–Crippen MR) is 100 cm³/mol. The van der Waals surface area contributed by atoms with Gasteiger partial charge in [-0.2, -0.15) is 4.98 Å². The van der Waals surface area contributed by atoms with Gasteiger partial charge in [0.15, 0.2) is 0 Å². The third-order valence-electron chi connectivity index (χ3n) is 3.52. The van der Waals surface area contributed by atoms with Gasteiger partial charge in [-0.25, -0.2) is 0 Å². The monoisotopic (exact) mass is 336 g/mol. The third-order valence-corrected chi connectivity index (χ3v) is 3.52. The van der Waals surface area contributed by atoms with Crippen molar-refractivity contribution in [1.82, 2.24) is 10.3 Å². The Kier molecular flexibility index (Phi) is 9.68. The number of pyridine rings is 1. The molecule has 0 atom stereocenters. The second-order valence-corrected chi connectivity index (χ2v) is 5.78. The number of hydrogen-bond acceptors (Lipinski definition) is 6. The first kappa shape index (κ1) is 20.1. The van der Waals surface area contributed by atoms with E-state index in [1.165, 1.54) is 0 Å². The van der Waals surface area contributed by atoms with Crippen LogP contribution in [0.4, 0.5) is 11.5 Å². The number of ether oxygens (including phenoxy) is 1. The Labute approximate surface area is 145 Å². The van der Waals surface area contributed by atoms with Gasteiger partial charge in [-0.1, -0.05) is 20.4 Å². The summed E-state index contributed by atoms with van der Waals surface area (Å²) in [5.41, 5.74) is 7.90. The molecule has 0 saturated heterocycles. The molecule has 136 valence electrons. The molecule has 0 bridgehead atoms. The smallest absolute Gasteiger partial charge is 0.217 e. The van der Waals surface area contributed by atoms with Crippen LogP contribution < -0.4 is 20.7 Å². The van der Waals surface area contributed by atoms with Crippen molar-refractivity contribution < 1.29 is 9.84 Å². The van der Waals surface area contributed by atoms with Crippen LogP contribution in [0.1, 0.15) is 39.5 Å². The van der Waals surface area contributed by atoms with Crippen LogP contribution >= 0.6 is 0 Å². The molecule has 1 aromatic rings. The number of nitrogens with two attached hydrogens (primary N) is 1. The maximum atomic E-state index is 8.76. The number of aromatic nitrogens is 1. The van der Waals surface area contributed by atoms with E-state index in [9.17, 15) is 0 Å². The summed E-state index contributed by atoms with van der Waals surface area (Å²) in [6.07, 6.45) is 3.80. The Morgan fingerprint density at radius 1 is 1.33 bits per heavy atom. The lowest BCUT2D eigenvalue weighted by molar-refractivity contribution is 0.290. The molecule has 0 unspecified atom stereocenters. The maximum Gasteiger partial charge on any atom is 0.217 e. The molecule has 0 aromatic carbocycles. The van der Waals surface area contributed by atoms with Crippen molar-refractivity contribution in [2.45, 2.75) is 39.5 Å². The zero-order chi connectivity index (χ0) is 17.8. The lowest BCUT2D eigenvalue weighted by Gasteiger charge is -2.24. The topological polar surface area (TPSA) is 83.6 Å². The summed E-state index contributed by atoms with van der Waals surface area (Å²) in [4.78, 5) is 6.57. The summed E-state index contributed by atoms with van der Waals surface area (Å²) in [6.45, 7) is 11.4. The van der Waals surface area contributed by atoms with Crippen molar-refractivity contribution >= 4 is 11.5 Å². The lowest BCUT2D eigenvalue weighted by atomic mass is 10.2. The summed E-state index contributed by atoms with van der Waals surface area (Å²) in [5, 5.41) is 11.8. The fourth-order valence-corrected chi connectivity index (χ4v) is 2.46. The molecule has 6 heteroatoms. The number of hydrogen-bond donors (Lipinski definition) is 3. The van der Waals surface area contributed by atoms with E-state index >= 15 is 0 Å². The van der Waals surface area contributed by atoms with Gasteiger partial charge in [0, 0.05) is 43.2 Å². The normalized spacial score (nSPS) is 10.5. The maximum absolute atomic E-state index is 8.76. The minimum atomic E-state index is 0.109. The second-order valence-electron chi connectivity index (χ2n) is 5.78. The molecule has 0 radical (unpaired) electrons. The van der Waals surface area contributed by atoms with Gasteiger partial charge in [0.2, 0.25) is 5.88 Å². The standard InChI is InChI=1S/C18H32N4O2/c1-4-9-22(10-5-2)16-13-17(19)21-18(14-16)24-12-6-7-15(3)20-8-11-23/h13-14,20,23H,3-12H2,1-2H3,(H2,19,21). The quantitative estimate of drug-likeness (QED) is 0.480. The average molecular weight is 336 g/mol. The molecule has 0 aliphatic carbocycles. The lowest BCUT2D eigenvalue weighted by Crippen LogP contribution is -2.25. The highest BCUT2D eigenvalue weighted by Gasteiger charge is 2.09. The molecule has 0 aliphatic heterocycles. The molecule has 24 heavy (non-hydrogen) atoms. The first-order chi connectivity index (χ1) is 11.6. The first-order valence-corrected chi connectivity index (χ1v) is 8.78. The van der Waals surface area contributed by atoms with Crippen molar-refractivity contribution in [1.29, 1.82) is 0 Å². The van der Waals surface area contributed by atoms with Crippen LogP contribution in [-0.4, -0.2) is 42.9 Å². The zero-order valence-electron chi connectivity index (χ0n) is 15.1. The highest BCUT2D eigenvalue weighted by atomic mass is 16.5. The van der Waals surface area contributed by atoms with E-state index < -0.39 is 0 Å². The Morgan fingerprint density at radius 3 is 2.67 bits per heavy atom. The largest absolute Gasteiger partial charge is 0.478 e. The van der Waals surface area contributed by atoms with Crippen molar-refractivity contribution in [2.24, 2.45) is 0 Å². The van der Waals surface area contributed by atoms with Gasteiger partial charge in [0.1, 0.15) is 5.82 Å². The Hall–Kier alpha value is -1.95. The van der Waals surface area contributed by atoms with Crippen molar-refractivity contribution in [3.63, 3.8) is 0 Å². The van der Waals surface area contributed by atoms with E-state index in [2.05, 4.69) is 35.6 Å². The van der Waals surface area contributed by atoms with Crippen LogP contribution in [0.25, 0.3) is 0 Å². The molecule has 0 amide bonds. The SMILES string of the molecule is C=C(CCCOc1cc(N(CCC)CCC)cc(N)n1)NCCO. The van der Waals surface area contributed by atoms with E-state index in [-0.39, 0.29) is 6.61 Å². The Balaban J connectivity index is 2.54. The minimum absolute atomic E-state index is 0.109. The van der Waals surface area contributed by atoms with Gasteiger partial charge in [-0.05, 0) is 25.7 Å². The van der Waals surface area contributed by atoms with Crippen LogP contribution in [0.2, 0.25) is 0 Å². The van der Waals surface area contributed by atoms with Crippen molar-refractivity contribution in [2.75, 3.05) is 43.5 Å². The van der Waals surface area contributed by atoms with Gasteiger partial charge in [0.05, 0.1) is 13.2 Å². The fourth-order valence-electron chi connectivity index (χ4n) is 2.46. The van der Waals surface area contributed by atoms with E-state index in [0.29, 0.717) is 24.8 Å². The average Bonchev–Trinajstić information content (AvgIpc) is 2.56. The molecule has 6 nitrogen and oxygen atoms in total. The Bertz CT molecular complexity index is 488. The number of nitrogens with one attached hydrogen (secondary N) is 1. The van der Waals surface area contributed by atoms with E-state index in [0.717, 1.165) is 50.2 Å². The summed E-state index contributed by atoms with van der Waals surface area (Å²) < 4.78 is 5.75. The number of aliphatic hydroxyl groups excluding tert-OH is 1. The molecule has 4 N–H and O–H groups in total. The third kappa shape index (κ3) is 7.55.